The highest BCUT2D eigenvalue weighted by Gasteiger charge is 2.45. The number of nitrogens with one attached hydrogen (secondary N) is 1. The van der Waals surface area contributed by atoms with Gasteiger partial charge in [0.05, 0.1) is 24.4 Å². The molecule has 1 N–H and O–H groups in total. The number of carbonyl (C=O) groups excluding carboxylic acids is 2. The molecule has 0 fully saturated rings. The SMILES string of the molecule is COc1nc(C2(NC(=O)c3cn(C)c(=O)n(C)c3=O)C=CC=C(c3ccccc3Cl)C2Cl)cnc1C=O. The van der Waals surface area contributed by atoms with Gasteiger partial charge in [0.1, 0.15) is 11.1 Å². The Balaban J connectivity index is 1.91. The van der Waals surface area contributed by atoms with Crippen molar-refractivity contribution in [1.82, 2.24) is 24.4 Å². The van der Waals surface area contributed by atoms with Gasteiger partial charge in [0.2, 0.25) is 5.88 Å². The third-order valence-corrected chi connectivity index (χ3v) is 6.91. The van der Waals surface area contributed by atoms with Crippen molar-refractivity contribution in [2.75, 3.05) is 7.11 Å². The molecule has 3 aromatic rings. The molecule has 2 heterocycles. The van der Waals surface area contributed by atoms with E-state index in [1.54, 1.807) is 42.5 Å². The number of hydrogen-bond acceptors (Lipinski definition) is 7. The van der Waals surface area contributed by atoms with E-state index >= 15 is 0 Å². The Morgan fingerprint density at radius 3 is 2.65 bits per heavy atom. The molecule has 1 aromatic carbocycles. The van der Waals surface area contributed by atoms with Crippen molar-refractivity contribution in [2.45, 2.75) is 10.9 Å². The number of aromatic nitrogens is 4. The van der Waals surface area contributed by atoms with Crippen LogP contribution in [0.3, 0.4) is 0 Å². The average Bonchev–Trinajstić information content (AvgIpc) is 2.90. The zero-order valence-electron chi connectivity index (χ0n) is 19.9. The lowest BCUT2D eigenvalue weighted by Gasteiger charge is -2.38. The van der Waals surface area contributed by atoms with Gasteiger partial charge >= 0.3 is 5.69 Å². The molecular formula is C25H21Cl2N5O5. The van der Waals surface area contributed by atoms with Crippen molar-refractivity contribution >= 4 is 41.0 Å². The number of nitrogens with zero attached hydrogens (tertiary/aromatic N) is 4. The van der Waals surface area contributed by atoms with Crippen LogP contribution in [-0.2, 0) is 19.6 Å². The lowest BCUT2D eigenvalue weighted by Crippen LogP contribution is -2.54. The molecule has 0 spiro atoms. The van der Waals surface area contributed by atoms with Crippen molar-refractivity contribution in [1.29, 1.82) is 0 Å². The minimum Gasteiger partial charge on any atom is -0.479 e. The van der Waals surface area contributed by atoms with E-state index in [0.29, 0.717) is 22.4 Å². The third-order valence-electron chi connectivity index (χ3n) is 6.00. The average molecular weight is 542 g/mol. The van der Waals surface area contributed by atoms with Crippen LogP contribution in [0.15, 0.2) is 64.5 Å². The molecule has 2 atom stereocenters. The second kappa shape index (κ2) is 10.2. The van der Waals surface area contributed by atoms with E-state index in [1.165, 1.54) is 27.4 Å². The molecule has 4 rings (SSSR count). The van der Waals surface area contributed by atoms with Gasteiger partial charge in [0, 0.05) is 25.3 Å². The van der Waals surface area contributed by atoms with Gasteiger partial charge in [-0.3, -0.25) is 19.0 Å². The monoisotopic (exact) mass is 541 g/mol. The first-order valence-electron chi connectivity index (χ1n) is 10.9. The van der Waals surface area contributed by atoms with Gasteiger partial charge < -0.3 is 14.6 Å². The smallest absolute Gasteiger partial charge is 0.330 e. The van der Waals surface area contributed by atoms with E-state index < -0.39 is 28.1 Å². The minimum absolute atomic E-state index is 0.0487. The summed E-state index contributed by atoms with van der Waals surface area (Å²) in [5.41, 5.74) is -1.97. The van der Waals surface area contributed by atoms with Crippen molar-refractivity contribution in [3.05, 3.63) is 103 Å². The van der Waals surface area contributed by atoms with Crippen LogP contribution in [0.2, 0.25) is 5.02 Å². The highest BCUT2D eigenvalue weighted by molar-refractivity contribution is 6.34. The number of ether oxygens (including phenoxy) is 1. The largest absolute Gasteiger partial charge is 0.479 e. The first-order valence-corrected chi connectivity index (χ1v) is 11.7. The summed E-state index contributed by atoms with van der Waals surface area (Å²) in [6, 6.07) is 7.04. The molecule has 1 amide bonds. The summed E-state index contributed by atoms with van der Waals surface area (Å²) in [6.07, 6.45) is 7.94. The predicted molar refractivity (Wildman–Crippen MR) is 138 cm³/mol. The number of carbonyl (C=O) groups is 2. The fraction of sp³-hybridized carbons (Fsp3) is 0.200. The summed E-state index contributed by atoms with van der Waals surface area (Å²) in [5, 5.41) is 2.25. The molecule has 12 heteroatoms. The molecule has 1 aliphatic carbocycles. The van der Waals surface area contributed by atoms with E-state index in [9.17, 15) is 19.2 Å². The Morgan fingerprint density at radius 1 is 1.24 bits per heavy atom. The highest BCUT2D eigenvalue weighted by atomic mass is 35.5. The van der Waals surface area contributed by atoms with Crippen LogP contribution >= 0.6 is 23.2 Å². The van der Waals surface area contributed by atoms with Crippen LogP contribution in [0.4, 0.5) is 0 Å². The first-order chi connectivity index (χ1) is 17.6. The predicted octanol–water partition coefficient (Wildman–Crippen LogP) is 2.23. The number of methoxy groups -OCH3 is 1. The molecule has 0 bridgehead atoms. The van der Waals surface area contributed by atoms with Gasteiger partial charge in [-0.05, 0) is 17.2 Å². The van der Waals surface area contributed by atoms with Crippen molar-refractivity contribution in [3.63, 3.8) is 0 Å². The topological polar surface area (TPSA) is 125 Å². The van der Waals surface area contributed by atoms with Crippen LogP contribution in [0.25, 0.3) is 5.57 Å². The van der Waals surface area contributed by atoms with Crippen molar-refractivity contribution < 1.29 is 14.3 Å². The Labute approximate surface area is 220 Å². The van der Waals surface area contributed by atoms with Gasteiger partial charge in [-0.25, -0.2) is 14.8 Å². The fourth-order valence-electron chi connectivity index (χ4n) is 4.05. The van der Waals surface area contributed by atoms with Crippen LogP contribution in [0, 0.1) is 0 Å². The van der Waals surface area contributed by atoms with Gasteiger partial charge in [-0.15, -0.1) is 11.6 Å². The number of allylic oxidation sites excluding steroid dienone is 2. The number of alkyl halides is 1. The minimum atomic E-state index is -1.57. The number of hydrogen-bond donors (Lipinski definition) is 1. The third kappa shape index (κ3) is 4.49. The highest BCUT2D eigenvalue weighted by Crippen LogP contribution is 2.42. The zero-order valence-corrected chi connectivity index (χ0v) is 21.4. The summed E-state index contributed by atoms with van der Waals surface area (Å²) in [4.78, 5) is 58.4. The Morgan fingerprint density at radius 2 is 1.97 bits per heavy atom. The molecular weight excluding hydrogens is 521 g/mol. The molecule has 2 unspecified atom stereocenters. The maximum absolute atomic E-state index is 13.5. The molecule has 0 saturated carbocycles. The number of aldehydes is 1. The summed E-state index contributed by atoms with van der Waals surface area (Å²) in [5.74, 6) is -0.891. The van der Waals surface area contributed by atoms with Crippen LogP contribution in [0.1, 0.15) is 32.1 Å². The molecule has 1 aliphatic rings. The quantitative estimate of drug-likeness (QED) is 0.374. The van der Waals surface area contributed by atoms with E-state index in [1.807, 2.05) is 0 Å². The first kappa shape index (κ1) is 26.1. The summed E-state index contributed by atoms with van der Waals surface area (Å²) in [7, 11) is 4.02. The van der Waals surface area contributed by atoms with Gasteiger partial charge in [0.15, 0.2) is 12.0 Å². The normalized spacial score (nSPS) is 18.7. The van der Waals surface area contributed by atoms with Gasteiger partial charge in [-0.2, -0.15) is 0 Å². The lowest BCUT2D eigenvalue weighted by molar-refractivity contribution is 0.0911. The fourth-order valence-corrected chi connectivity index (χ4v) is 4.73. The maximum atomic E-state index is 13.5. The zero-order chi connectivity index (χ0) is 26.9. The Bertz CT molecular complexity index is 1590. The van der Waals surface area contributed by atoms with E-state index in [0.717, 1.165) is 15.3 Å². The molecule has 2 aromatic heterocycles. The second-order valence-electron chi connectivity index (χ2n) is 8.21. The molecule has 0 saturated heterocycles. The van der Waals surface area contributed by atoms with Gasteiger partial charge in [-0.1, -0.05) is 48.0 Å². The Hall–Kier alpha value is -4.02. The number of halogens is 2. The number of aryl methyl sites for hydroxylation is 1. The summed E-state index contributed by atoms with van der Waals surface area (Å²) >= 11 is 13.5. The van der Waals surface area contributed by atoms with Crippen molar-refractivity contribution in [2.24, 2.45) is 14.1 Å². The van der Waals surface area contributed by atoms with E-state index in [4.69, 9.17) is 27.9 Å². The summed E-state index contributed by atoms with van der Waals surface area (Å²) < 4.78 is 7.17. The summed E-state index contributed by atoms with van der Waals surface area (Å²) in [6.45, 7) is 0. The van der Waals surface area contributed by atoms with Crippen LogP contribution in [0.5, 0.6) is 5.88 Å². The standard InChI is InChI=1S/C25H21Cl2N5O5/c1-31-12-16(23(35)32(2)24(31)36)21(34)30-25(19-11-28-18(13-33)22(29-19)37-3)10-6-8-15(20(25)27)14-7-4-5-9-17(14)26/h4-13,20H,1-3H3,(H,30,34). The number of amides is 1. The molecule has 10 nitrogen and oxygen atoms in total. The van der Waals surface area contributed by atoms with Crippen LogP contribution in [-0.4, -0.2) is 43.8 Å². The lowest BCUT2D eigenvalue weighted by atomic mass is 9.80. The van der Waals surface area contributed by atoms with E-state index in [2.05, 4.69) is 15.3 Å². The molecule has 190 valence electrons. The Kier molecular flexibility index (Phi) is 7.15. The molecule has 37 heavy (non-hydrogen) atoms. The number of benzene rings is 1. The molecule has 0 radical (unpaired) electrons. The molecule has 0 aliphatic heterocycles. The van der Waals surface area contributed by atoms with Gasteiger partial charge in [0.25, 0.3) is 11.5 Å². The van der Waals surface area contributed by atoms with Crippen LogP contribution < -0.4 is 21.3 Å². The number of rotatable bonds is 6. The van der Waals surface area contributed by atoms with E-state index in [-0.39, 0.29) is 22.8 Å². The maximum Gasteiger partial charge on any atom is 0.330 e. The van der Waals surface area contributed by atoms with Crippen molar-refractivity contribution in [3.8, 4) is 5.88 Å². The second-order valence-corrected chi connectivity index (χ2v) is 9.06.